The molecule has 1 aliphatic heterocycles. The van der Waals surface area contributed by atoms with Gasteiger partial charge in [-0.2, -0.15) is 0 Å². The standard InChI is InChI=1S/C23H25ClN4OS/c1-15-13-19(16(2)28(15)18-8-6-7-17(24)14-18)22-21(20-9-4-5-10-25-20)26-23(30)27(22)11-12-29-3/h4-10,13-14,21-22H,11-12H2,1-3H3,(H,26,30)/t21-,22-/m1/s1. The quantitative estimate of drug-likeness (QED) is 0.559. The molecule has 1 aromatic carbocycles. The minimum Gasteiger partial charge on any atom is -0.383 e. The van der Waals surface area contributed by atoms with Crippen LogP contribution in [0, 0.1) is 13.8 Å². The van der Waals surface area contributed by atoms with Gasteiger partial charge in [-0.1, -0.05) is 23.7 Å². The van der Waals surface area contributed by atoms with E-state index in [9.17, 15) is 0 Å². The Balaban J connectivity index is 1.82. The van der Waals surface area contributed by atoms with Crippen LogP contribution in [0.15, 0.2) is 54.7 Å². The second-order valence-corrected chi connectivity index (χ2v) is 8.28. The predicted molar refractivity (Wildman–Crippen MR) is 124 cm³/mol. The van der Waals surface area contributed by atoms with Crippen molar-refractivity contribution in [2.24, 2.45) is 0 Å². The third kappa shape index (κ3) is 3.83. The molecule has 3 heterocycles. The maximum Gasteiger partial charge on any atom is 0.170 e. The van der Waals surface area contributed by atoms with Gasteiger partial charge in [0.1, 0.15) is 0 Å². The van der Waals surface area contributed by atoms with Crippen molar-refractivity contribution in [1.82, 2.24) is 19.8 Å². The predicted octanol–water partition coefficient (Wildman–Crippen LogP) is 4.76. The van der Waals surface area contributed by atoms with Gasteiger partial charge >= 0.3 is 0 Å². The summed E-state index contributed by atoms with van der Waals surface area (Å²) in [5.74, 6) is 0. The zero-order chi connectivity index (χ0) is 21.3. The molecule has 2 atom stereocenters. The van der Waals surface area contributed by atoms with Crippen LogP contribution in [0.5, 0.6) is 0 Å². The molecule has 156 valence electrons. The van der Waals surface area contributed by atoms with Crippen LogP contribution in [-0.2, 0) is 4.74 Å². The number of nitrogens with one attached hydrogen (secondary N) is 1. The maximum absolute atomic E-state index is 6.27. The van der Waals surface area contributed by atoms with Gasteiger partial charge in [0.15, 0.2) is 5.11 Å². The van der Waals surface area contributed by atoms with E-state index in [2.05, 4.69) is 45.7 Å². The molecule has 0 saturated carbocycles. The highest BCUT2D eigenvalue weighted by molar-refractivity contribution is 7.80. The molecule has 1 fully saturated rings. The summed E-state index contributed by atoms with van der Waals surface area (Å²) in [5, 5.41) is 4.93. The number of benzene rings is 1. The van der Waals surface area contributed by atoms with E-state index in [0.29, 0.717) is 13.2 Å². The first-order valence-corrected chi connectivity index (χ1v) is 10.7. The molecule has 1 N–H and O–H groups in total. The summed E-state index contributed by atoms with van der Waals surface area (Å²) in [7, 11) is 1.71. The molecule has 0 spiro atoms. The van der Waals surface area contributed by atoms with E-state index in [1.807, 2.05) is 42.6 Å². The van der Waals surface area contributed by atoms with Crippen molar-refractivity contribution in [3.8, 4) is 5.69 Å². The van der Waals surface area contributed by atoms with Crippen LogP contribution < -0.4 is 5.32 Å². The molecule has 3 aromatic rings. The van der Waals surface area contributed by atoms with Crippen LogP contribution in [0.4, 0.5) is 0 Å². The van der Waals surface area contributed by atoms with Crippen LogP contribution in [0.25, 0.3) is 5.69 Å². The minimum atomic E-state index is -0.0381. The Morgan fingerprint density at radius 1 is 1.17 bits per heavy atom. The van der Waals surface area contributed by atoms with Gasteiger partial charge in [-0.15, -0.1) is 0 Å². The van der Waals surface area contributed by atoms with Crippen molar-refractivity contribution in [3.63, 3.8) is 0 Å². The summed E-state index contributed by atoms with van der Waals surface area (Å²) in [6.45, 7) is 5.57. The van der Waals surface area contributed by atoms with Crippen LogP contribution in [0.2, 0.25) is 5.02 Å². The number of aromatic nitrogens is 2. The maximum atomic E-state index is 6.27. The Hall–Kier alpha value is -2.41. The smallest absolute Gasteiger partial charge is 0.170 e. The zero-order valence-electron chi connectivity index (χ0n) is 17.3. The Bertz CT molecular complexity index is 1050. The van der Waals surface area contributed by atoms with Gasteiger partial charge in [0, 0.05) is 41.9 Å². The first kappa shape index (κ1) is 20.8. The summed E-state index contributed by atoms with van der Waals surface area (Å²) in [6.07, 6.45) is 1.82. The van der Waals surface area contributed by atoms with Gasteiger partial charge in [-0.25, -0.2) is 0 Å². The molecule has 2 aromatic heterocycles. The number of hydrogen-bond acceptors (Lipinski definition) is 3. The van der Waals surface area contributed by atoms with Crippen LogP contribution in [-0.4, -0.2) is 39.8 Å². The molecule has 5 nitrogen and oxygen atoms in total. The largest absolute Gasteiger partial charge is 0.383 e. The summed E-state index contributed by atoms with van der Waals surface area (Å²) in [4.78, 5) is 6.82. The first-order chi connectivity index (χ1) is 14.5. The number of ether oxygens (including phenoxy) is 1. The highest BCUT2D eigenvalue weighted by atomic mass is 35.5. The van der Waals surface area contributed by atoms with Gasteiger partial charge < -0.3 is 19.5 Å². The fraction of sp³-hybridized carbons (Fsp3) is 0.304. The number of hydrogen-bond donors (Lipinski definition) is 1. The summed E-state index contributed by atoms with van der Waals surface area (Å²) in [6, 6.07) is 16.1. The van der Waals surface area contributed by atoms with Gasteiger partial charge in [0.05, 0.1) is 24.4 Å². The molecule has 0 amide bonds. The number of pyridine rings is 1. The van der Waals surface area contributed by atoms with Crippen molar-refractivity contribution < 1.29 is 4.74 Å². The van der Waals surface area contributed by atoms with Gasteiger partial charge in [0.2, 0.25) is 0 Å². The fourth-order valence-corrected chi connectivity index (χ4v) is 4.79. The van der Waals surface area contributed by atoms with E-state index in [4.69, 9.17) is 28.6 Å². The number of nitrogens with zero attached hydrogens (tertiary/aromatic N) is 3. The number of halogens is 1. The first-order valence-electron chi connectivity index (χ1n) is 9.93. The SMILES string of the molecule is COCCN1C(=S)N[C@H](c2ccccn2)[C@H]1c1cc(C)n(-c2cccc(Cl)c2)c1C. The lowest BCUT2D eigenvalue weighted by Gasteiger charge is -2.28. The normalized spacial score (nSPS) is 18.7. The Kier molecular flexibility index (Phi) is 6.09. The second-order valence-electron chi connectivity index (χ2n) is 7.45. The lowest BCUT2D eigenvalue weighted by atomic mass is 9.97. The number of rotatable bonds is 6. The van der Waals surface area contributed by atoms with E-state index in [0.717, 1.165) is 32.9 Å². The van der Waals surface area contributed by atoms with Gasteiger partial charge in [-0.3, -0.25) is 4.98 Å². The average molecular weight is 441 g/mol. The number of thiocarbonyl (C=S) groups is 1. The number of aryl methyl sites for hydroxylation is 1. The van der Waals surface area contributed by atoms with Crippen LogP contribution in [0.1, 0.15) is 34.7 Å². The van der Waals surface area contributed by atoms with Gasteiger partial charge in [0.25, 0.3) is 0 Å². The Morgan fingerprint density at radius 3 is 2.70 bits per heavy atom. The van der Waals surface area contributed by atoms with E-state index < -0.39 is 0 Å². The summed E-state index contributed by atoms with van der Waals surface area (Å²) < 4.78 is 7.60. The lowest BCUT2D eigenvalue weighted by molar-refractivity contribution is 0.164. The molecule has 0 unspecified atom stereocenters. The third-order valence-corrected chi connectivity index (χ3v) is 6.18. The highest BCUT2D eigenvalue weighted by Gasteiger charge is 2.41. The average Bonchev–Trinajstić information content (AvgIpc) is 3.22. The topological polar surface area (TPSA) is 42.3 Å². The molecule has 1 saturated heterocycles. The molecule has 0 radical (unpaired) electrons. The van der Waals surface area contributed by atoms with Crippen molar-refractivity contribution in [1.29, 1.82) is 0 Å². The van der Waals surface area contributed by atoms with Crippen molar-refractivity contribution >= 4 is 28.9 Å². The van der Waals surface area contributed by atoms with Crippen molar-refractivity contribution in [3.05, 3.63) is 82.4 Å². The zero-order valence-corrected chi connectivity index (χ0v) is 18.9. The minimum absolute atomic E-state index is 0.0154. The fourth-order valence-electron chi connectivity index (χ4n) is 4.27. The molecule has 7 heteroatoms. The summed E-state index contributed by atoms with van der Waals surface area (Å²) >= 11 is 12.0. The molecular weight excluding hydrogens is 416 g/mol. The van der Waals surface area contributed by atoms with Crippen molar-refractivity contribution in [2.45, 2.75) is 25.9 Å². The van der Waals surface area contributed by atoms with E-state index in [1.54, 1.807) is 7.11 Å². The molecule has 1 aliphatic rings. The molecule has 0 bridgehead atoms. The molecule has 4 rings (SSSR count). The van der Waals surface area contributed by atoms with E-state index in [-0.39, 0.29) is 12.1 Å². The monoisotopic (exact) mass is 440 g/mol. The lowest BCUT2D eigenvalue weighted by Crippen LogP contribution is -2.32. The van der Waals surface area contributed by atoms with E-state index >= 15 is 0 Å². The van der Waals surface area contributed by atoms with Crippen LogP contribution >= 0.6 is 23.8 Å². The highest BCUT2D eigenvalue weighted by Crippen LogP contribution is 2.41. The third-order valence-electron chi connectivity index (χ3n) is 5.59. The number of methoxy groups -OCH3 is 1. The van der Waals surface area contributed by atoms with E-state index in [1.165, 1.54) is 5.56 Å². The Morgan fingerprint density at radius 2 is 2.00 bits per heavy atom. The Labute approximate surface area is 187 Å². The summed E-state index contributed by atoms with van der Waals surface area (Å²) in [5.41, 5.74) is 5.54. The molecule has 0 aliphatic carbocycles. The second kappa shape index (κ2) is 8.76. The van der Waals surface area contributed by atoms with Crippen molar-refractivity contribution in [2.75, 3.05) is 20.3 Å². The molecule has 30 heavy (non-hydrogen) atoms. The molecular formula is C23H25ClN4OS. The van der Waals surface area contributed by atoms with Gasteiger partial charge in [-0.05, 0) is 68.0 Å². The van der Waals surface area contributed by atoms with Crippen LogP contribution in [0.3, 0.4) is 0 Å².